The molecule has 8 N–H and O–H groups in total. The number of hydrazine groups is 1. The van der Waals surface area contributed by atoms with Gasteiger partial charge in [-0.25, -0.2) is 28.2 Å². The summed E-state index contributed by atoms with van der Waals surface area (Å²) in [6.07, 6.45) is 16.2. The molecule has 6 aromatic rings. The average molecular weight is 1450 g/mol. The quantitative estimate of drug-likeness (QED) is 0.0168. The van der Waals surface area contributed by atoms with E-state index in [2.05, 4.69) is 84.1 Å². The zero-order valence-corrected chi connectivity index (χ0v) is 59.4. The zero-order chi connectivity index (χ0) is 72.6. The Bertz CT molecular complexity index is 3690. The Morgan fingerprint density at radius 2 is 0.924 bits per heavy atom. The Morgan fingerprint density at radius 3 is 1.39 bits per heavy atom. The van der Waals surface area contributed by atoms with Crippen molar-refractivity contribution in [1.29, 1.82) is 5.26 Å². The molecule has 0 spiro atoms. The Morgan fingerprint density at radius 1 is 0.486 bits per heavy atom. The number of halogens is 2. The van der Waals surface area contributed by atoms with Crippen LogP contribution in [0.4, 0.5) is 40.2 Å². The van der Waals surface area contributed by atoms with Crippen LogP contribution < -0.4 is 42.6 Å². The molecule has 105 heavy (non-hydrogen) atoms. The Labute approximate surface area is 623 Å². The number of amides is 7. The van der Waals surface area contributed by atoms with Gasteiger partial charge in [0.1, 0.15) is 11.6 Å². The number of carbonyl (C=O) groups excluding carboxylic acids is 8. The largest absolute Gasteiger partial charge is 0.340 e. The molecular formula is C84H117F2N11O8. The molecule has 0 aliphatic carbocycles. The second-order valence-electron chi connectivity index (χ2n) is 26.8. The number of piperidine rings is 3. The first-order valence-electron chi connectivity index (χ1n) is 35.6. The van der Waals surface area contributed by atoms with E-state index in [1.54, 1.807) is 48.5 Å². The highest BCUT2D eigenvalue weighted by Crippen LogP contribution is 2.31. The van der Waals surface area contributed by atoms with E-state index in [1.807, 2.05) is 43.1 Å². The highest BCUT2D eigenvalue weighted by atomic mass is 19.1. The van der Waals surface area contributed by atoms with Gasteiger partial charge in [0.05, 0.1) is 11.6 Å². The van der Waals surface area contributed by atoms with Gasteiger partial charge in [0.25, 0.3) is 0 Å². The monoisotopic (exact) mass is 1450 g/mol. The van der Waals surface area contributed by atoms with Crippen LogP contribution in [0.3, 0.4) is 0 Å². The number of urea groups is 3. The van der Waals surface area contributed by atoms with E-state index in [-0.39, 0.29) is 88.5 Å². The third-order valence-corrected chi connectivity index (χ3v) is 18.9. The lowest BCUT2D eigenvalue weighted by Crippen LogP contribution is -2.49. The van der Waals surface area contributed by atoms with Crippen molar-refractivity contribution < 1.29 is 47.1 Å². The fourth-order valence-corrected chi connectivity index (χ4v) is 13.6. The van der Waals surface area contributed by atoms with E-state index >= 15 is 0 Å². The molecule has 9 rings (SSSR count). The van der Waals surface area contributed by atoms with Crippen molar-refractivity contribution >= 4 is 64.2 Å². The molecule has 0 saturated carbocycles. The fraction of sp³-hybridized carbons (Fsp3) is 0.464. The fourth-order valence-electron chi connectivity index (χ4n) is 13.6. The normalized spacial score (nSPS) is 17.3. The number of ketones is 4. The number of benzene rings is 6. The van der Waals surface area contributed by atoms with Gasteiger partial charge in [-0.3, -0.25) is 29.4 Å². The molecule has 7 amide bonds. The number of anilines is 3. The van der Waals surface area contributed by atoms with E-state index in [0.29, 0.717) is 108 Å². The van der Waals surface area contributed by atoms with Crippen LogP contribution in [0.5, 0.6) is 0 Å². The van der Waals surface area contributed by atoms with Crippen molar-refractivity contribution in [2.24, 2.45) is 17.8 Å². The minimum Gasteiger partial charge on any atom is -0.340 e. The Balaban J connectivity index is 0.000000404. The van der Waals surface area contributed by atoms with Gasteiger partial charge in [-0.15, -0.1) is 0 Å². The molecule has 0 bridgehead atoms. The SMILES string of the molecule is C.C.C.C.CCC(=O)N1CC[C@@H](Cc2ccc(F)cc2)C[C@@H]1CCCNC(=O)Nc1cc(C(C)=O)cc(C(C)=O)c1.CNN1CC[C@@H](Cc2ccc(F)cc2)C[C@@H]1CCCNC(=O)Nc1cc(C(C)=O)cc(C(C)=O)c1.N#Cc1cccc(NC(=O)NCCCC[C@H]2C[C@H](Cc3ccccc3)CCN2)c1. The molecule has 3 aliphatic heterocycles. The van der Waals surface area contributed by atoms with Crippen LogP contribution in [0.15, 0.2) is 140 Å². The van der Waals surface area contributed by atoms with Gasteiger partial charge in [0, 0.05) is 96.6 Å². The van der Waals surface area contributed by atoms with E-state index in [4.69, 9.17) is 5.26 Å². The maximum atomic E-state index is 13.3. The maximum absolute atomic E-state index is 13.3. The van der Waals surface area contributed by atoms with Gasteiger partial charge < -0.3 is 42.1 Å². The molecule has 6 aromatic carbocycles. The molecule has 3 heterocycles. The van der Waals surface area contributed by atoms with E-state index in [1.165, 1.54) is 88.9 Å². The molecule has 570 valence electrons. The number of nitriles is 1. The summed E-state index contributed by atoms with van der Waals surface area (Å²) in [5.41, 5.74) is 10.4. The maximum Gasteiger partial charge on any atom is 0.319 e. The van der Waals surface area contributed by atoms with Crippen molar-refractivity contribution in [3.63, 3.8) is 0 Å². The predicted octanol–water partition coefficient (Wildman–Crippen LogP) is 17.0. The van der Waals surface area contributed by atoms with Crippen molar-refractivity contribution in [3.8, 4) is 6.07 Å². The number of likely N-dealkylation sites (tertiary alicyclic amines) is 1. The van der Waals surface area contributed by atoms with Gasteiger partial charge in [-0.05, 0) is 251 Å². The second kappa shape index (κ2) is 47.1. The topological polar surface area (TPSA) is 263 Å². The van der Waals surface area contributed by atoms with E-state index in [0.717, 1.165) is 107 Å². The predicted molar refractivity (Wildman–Crippen MR) is 420 cm³/mol. The van der Waals surface area contributed by atoms with Crippen LogP contribution in [-0.4, -0.2) is 121 Å². The number of unbranched alkanes of at least 4 members (excludes halogenated alkanes) is 1. The first-order chi connectivity index (χ1) is 48.6. The van der Waals surface area contributed by atoms with Crippen molar-refractivity contribution in [3.05, 3.63) is 196 Å². The number of carbonyl (C=O) groups is 8. The molecule has 0 aromatic heterocycles. The standard InChI is InChI=1S/C29H36FN3O4.C27H35FN4O3.C24H30N4O.4CH4/c1-4-28(36)33-13-11-22(14-21-7-9-25(30)10-8-21)15-27(33)6-5-12-31-29(37)32-26-17-23(19(2)34)16-24(18-26)20(3)35;1-18(33)22-15-23(19(2)34)17-25(16-22)31-27(35)30-11-4-5-26-14-21(10-12-32(26)29-3)13-20-6-8-24(28)9-7-20;25-18-21-9-6-11-23(17-21)28-24(29)27-13-5-4-10-22-16-20(12-14-26-22)15-19-7-2-1-3-8-19;;;;/h7-10,16-18,22,27H,4-6,11-15H2,1-3H3,(H2,31,32,37);6-9,15-17,21,26,29H,4-5,10-14H2,1-3H3,(H2,30,31,35);1-3,6-9,11,17,20,22,26H,4-5,10,12-16H2,(H2,27,28,29);4*1H4/t22-,27-;21-,26-;20-,22-;;;;/m000..../s1. The third-order valence-electron chi connectivity index (χ3n) is 18.9. The first-order valence-corrected chi connectivity index (χ1v) is 35.6. The molecule has 19 nitrogen and oxygen atoms in total. The summed E-state index contributed by atoms with van der Waals surface area (Å²) in [5.74, 6) is 0.676. The van der Waals surface area contributed by atoms with Crippen LogP contribution in [0.1, 0.15) is 218 Å². The van der Waals surface area contributed by atoms with Crippen LogP contribution in [0, 0.1) is 40.7 Å². The summed E-state index contributed by atoms with van der Waals surface area (Å²) in [5, 5.41) is 31.6. The highest BCUT2D eigenvalue weighted by molar-refractivity contribution is 6.03. The molecule has 3 saturated heterocycles. The van der Waals surface area contributed by atoms with Gasteiger partial charge in [-0.1, -0.05) is 104 Å². The molecule has 3 aliphatic rings. The third kappa shape index (κ3) is 31.4. The van der Waals surface area contributed by atoms with Gasteiger partial charge in [0.15, 0.2) is 23.1 Å². The summed E-state index contributed by atoms with van der Waals surface area (Å²) < 4.78 is 26.5. The zero-order valence-electron chi connectivity index (χ0n) is 59.4. The number of nitrogens with zero attached hydrogens (tertiary/aromatic N) is 3. The summed E-state index contributed by atoms with van der Waals surface area (Å²) in [4.78, 5) is 98.3. The molecular weight excluding hydrogens is 1330 g/mol. The number of nitrogens with one attached hydrogen (secondary N) is 8. The summed E-state index contributed by atoms with van der Waals surface area (Å²) in [6, 6.07) is 42.5. The van der Waals surface area contributed by atoms with Gasteiger partial charge >= 0.3 is 18.1 Å². The lowest BCUT2D eigenvalue weighted by atomic mass is 9.84. The van der Waals surface area contributed by atoms with Gasteiger partial charge in [-0.2, -0.15) is 5.26 Å². The molecule has 6 atom stereocenters. The van der Waals surface area contributed by atoms with Crippen molar-refractivity contribution in [2.45, 2.75) is 192 Å². The first kappa shape index (κ1) is 89.7. The average Bonchev–Trinajstić information content (AvgIpc) is 0.837. The van der Waals surface area contributed by atoms with E-state index in [9.17, 15) is 47.1 Å². The number of hydrogen-bond donors (Lipinski definition) is 8. The molecule has 0 radical (unpaired) electrons. The van der Waals surface area contributed by atoms with Crippen molar-refractivity contribution in [1.82, 2.24) is 36.6 Å². The Kier molecular flexibility index (Phi) is 40.2. The number of Topliss-reactive ketones (excluding diaryl/α,β-unsaturated/α-hetero) is 4. The Hall–Kier alpha value is -9.49. The summed E-state index contributed by atoms with van der Waals surface area (Å²) in [6.45, 7) is 11.9. The molecule has 3 fully saturated rings. The minimum absolute atomic E-state index is 0. The minimum atomic E-state index is -0.422. The smallest absolute Gasteiger partial charge is 0.319 e. The lowest BCUT2D eigenvalue weighted by molar-refractivity contribution is -0.135. The number of rotatable bonds is 28. The van der Waals surface area contributed by atoms with Crippen LogP contribution in [0.25, 0.3) is 0 Å². The highest BCUT2D eigenvalue weighted by Gasteiger charge is 2.32. The molecule has 0 unspecified atom stereocenters. The summed E-state index contributed by atoms with van der Waals surface area (Å²) >= 11 is 0. The summed E-state index contributed by atoms with van der Waals surface area (Å²) in [7, 11) is 1.93. The van der Waals surface area contributed by atoms with E-state index < -0.39 is 6.03 Å². The van der Waals surface area contributed by atoms with Crippen molar-refractivity contribution in [2.75, 3.05) is 62.3 Å². The second-order valence-corrected chi connectivity index (χ2v) is 26.8. The lowest BCUT2D eigenvalue weighted by Gasteiger charge is -2.40. The number of hydrogen-bond acceptors (Lipinski definition) is 12. The van der Waals surface area contributed by atoms with Crippen LogP contribution in [-0.2, 0) is 24.1 Å². The van der Waals surface area contributed by atoms with Gasteiger partial charge in [0.2, 0.25) is 5.91 Å². The molecule has 21 heteroatoms. The van der Waals surface area contributed by atoms with Crippen LogP contribution >= 0.6 is 0 Å². The van der Waals surface area contributed by atoms with Crippen LogP contribution in [0.2, 0.25) is 0 Å².